The first-order chi connectivity index (χ1) is 8.12. The molecule has 5 heteroatoms. The Bertz CT molecular complexity index is 275. The van der Waals surface area contributed by atoms with E-state index in [9.17, 15) is 9.59 Å². The first-order valence-electron chi connectivity index (χ1n) is 6.14. The number of carbonyl (C=O) groups is 2. The molecule has 0 atom stereocenters. The van der Waals surface area contributed by atoms with Gasteiger partial charge < -0.3 is 10.1 Å². The number of alkyl carbamates (subject to hydrolysis) is 1. The Morgan fingerprint density at radius 3 is 2.47 bits per heavy atom. The van der Waals surface area contributed by atoms with E-state index in [0.717, 1.165) is 25.7 Å². The third kappa shape index (κ3) is 4.66. The zero-order valence-electron chi connectivity index (χ0n) is 10.3. The number of Topliss-reactive ketones (excluding diaryl/α,β-unsaturated/α-hetero) is 1. The fourth-order valence-corrected chi connectivity index (χ4v) is 2.58. The molecule has 1 rings (SSSR count). The number of ketones is 1. The summed E-state index contributed by atoms with van der Waals surface area (Å²) in [5.74, 6) is 0.128. The van der Waals surface area contributed by atoms with Gasteiger partial charge >= 0.3 is 6.09 Å². The molecule has 17 heavy (non-hydrogen) atoms. The molecule has 1 N–H and O–H groups in total. The normalized spacial score (nSPS) is 18.5. The highest BCUT2D eigenvalue weighted by Gasteiger charge is 2.35. The van der Waals surface area contributed by atoms with Crippen molar-refractivity contribution in [3.8, 4) is 0 Å². The summed E-state index contributed by atoms with van der Waals surface area (Å²) < 4.78 is 4.91. The van der Waals surface area contributed by atoms with Crippen LogP contribution in [-0.4, -0.2) is 29.4 Å². The molecule has 0 aromatic heterocycles. The van der Waals surface area contributed by atoms with Crippen LogP contribution < -0.4 is 5.32 Å². The average Bonchev–Trinajstić information content (AvgIpc) is 2.30. The monoisotopic (exact) mass is 305 g/mol. The Kier molecular flexibility index (Phi) is 5.95. The minimum Gasteiger partial charge on any atom is -0.450 e. The average molecular weight is 306 g/mol. The summed E-state index contributed by atoms with van der Waals surface area (Å²) in [4.78, 5) is 23.1. The fourth-order valence-electron chi connectivity index (χ4n) is 2.38. The summed E-state index contributed by atoms with van der Waals surface area (Å²) in [7, 11) is 0. The molecule has 1 saturated carbocycles. The van der Waals surface area contributed by atoms with Gasteiger partial charge in [0.15, 0.2) is 0 Å². The van der Waals surface area contributed by atoms with Crippen molar-refractivity contribution in [2.75, 3.05) is 11.9 Å². The van der Waals surface area contributed by atoms with Crippen LogP contribution in [-0.2, 0) is 9.53 Å². The topological polar surface area (TPSA) is 55.4 Å². The third-order valence-electron chi connectivity index (χ3n) is 3.14. The van der Waals surface area contributed by atoms with Crippen LogP contribution in [0.2, 0.25) is 0 Å². The highest BCUT2D eigenvalue weighted by Crippen LogP contribution is 2.31. The predicted octanol–water partition coefficient (Wildman–Crippen LogP) is 2.79. The molecule has 0 aromatic carbocycles. The number of rotatable bonds is 5. The summed E-state index contributed by atoms with van der Waals surface area (Å²) >= 11 is 3.17. The molecule has 0 heterocycles. The van der Waals surface area contributed by atoms with E-state index in [1.165, 1.54) is 6.42 Å². The van der Waals surface area contributed by atoms with Crippen LogP contribution in [0.1, 0.15) is 45.4 Å². The van der Waals surface area contributed by atoms with Crippen LogP contribution in [0.3, 0.4) is 0 Å². The van der Waals surface area contributed by atoms with E-state index in [4.69, 9.17) is 4.74 Å². The van der Waals surface area contributed by atoms with Gasteiger partial charge in [0.1, 0.15) is 5.78 Å². The Morgan fingerprint density at radius 2 is 1.94 bits per heavy atom. The van der Waals surface area contributed by atoms with Crippen molar-refractivity contribution in [1.29, 1.82) is 0 Å². The number of amides is 1. The van der Waals surface area contributed by atoms with Crippen molar-refractivity contribution in [2.45, 2.75) is 51.0 Å². The quantitative estimate of drug-likeness (QED) is 0.795. The molecule has 98 valence electrons. The minimum atomic E-state index is -0.406. The number of ether oxygens (including phenoxy) is 1. The van der Waals surface area contributed by atoms with E-state index >= 15 is 0 Å². The molecule has 0 unspecified atom stereocenters. The van der Waals surface area contributed by atoms with Gasteiger partial charge in [-0.2, -0.15) is 0 Å². The predicted molar refractivity (Wildman–Crippen MR) is 69.4 cm³/mol. The molecule has 0 aliphatic heterocycles. The zero-order valence-corrected chi connectivity index (χ0v) is 11.8. The van der Waals surface area contributed by atoms with Crippen LogP contribution in [0.15, 0.2) is 0 Å². The van der Waals surface area contributed by atoms with Crippen LogP contribution in [0.25, 0.3) is 0 Å². The molecular formula is C12H20BrNO3. The maximum atomic E-state index is 11.6. The van der Waals surface area contributed by atoms with E-state index in [0.29, 0.717) is 18.4 Å². The van der Waals surface area contributed by atoms with E-state index in [2.05, 4.69) is 21.2 Å². The smallest absolute Gasteiger partial charge is 0.407 e. The molecule has 0 bridgehead atoms. The van der Waals surface area contributed by atoms with E-state index < -0.39 is 6.09 Å². The molecule has 1 aliphatic rings. The van der Waals surface area contributed by atoms with Crippen LogP contribution in [0.4, 0.5) is 4.79 Å². The van der Waals surface area contributed by atoms with Gasteiger partial charge in [-0.15, -0.1) is 0 Å². The first-order valence-corrected chi connectivity index (χ1v) is 7.26. The Hall–Kier alpha value is -0.580. The van der Waals surface area contributed by atoms with E-state index in [1.807, 2.05) is 0 Å². The molecule has 1 amide bonds. The SMILES string of the molecule is CCOC(=O)NC1(CC(=O)CBr)CCCCC1. The van der Waals surface area contributed by atoms with E-state index in [-0.39, 0.29) is 11.3 Å². The molecule has 0 aromatic rings. The van der Waals surface area contributed by atoms with Gasteiger partial charge in [0.05, 0.1) is 17.5 Å². The Morgan fingerprint density at radius 1 is 1.29 bits per heavy atom. The second kappa shape index (κ2) is 6.99. The number of alkyl halides is 1. The summed E-state index contributed by atoms with van der Waals surface area (Å²) in [5.41, 5.74) is -0.380. The lowest BCUT2D eigenvalue weighted by Gasteiger charge is -2.37. The Labute approximate surface area is 111 Å². The largest absolute Gasteiger partial charge is 0.450 e. The van der Waals surface area contributed by atoms with Gasteiger partial charge in [-0.3, -0.25) is 4.79 Å². The molecule has 1 fully saturated rings. The second-order valence-electron chi connectivity index (χ2n) is 4.54. The lowest BCUT2D eigenvalue weighted by Crippen LogP contribution is -2.51. The maximum absolute atomic E-state index is 11.6. The maximum Gasteiger partial charge on any atom is 0.407 e. The van der Waals surface area contributed by atoms with Gasteiger partial charge in [0.25, 0.3) is 0 Å². The van der Waals surface area contributed by atoms with Gasteiger partial charge in [-0.05, 0) is 19.8 Å². The van der Waals surface area contributed by atoms with Crippen molar-refractivity contribution in [1.82, 2.24) is 5.32 Å². The number of halogens is 1. The van der Waals surface area contributed by atoms with Crippen molar-refractivity contribution in [2.24, 2.45) is 0 Å². The van der Waals surface area contributed by atoms with Crippen molar-refractivity contribution in [3.63, 3.8) is 0 Å². The minimum absolute atomic E-state index is 0.128. The van der Waals surface area contributed by atoms with Gasteiger partial charge in [-0.25, -0.2) is 4.79 Å². The van der Waals surface area contributed by atoms with Crippen LogP contribution in [0.5, 0.6) is 0 Å². The highest BCUT2D eigenvalue weighted by molar-refractivity contribution is 9.09. The molecule has 0 radical (unpaired) electrons. The van der Waals surface area contributed by atoms with Crippen LogP contribution >= 0.6 is 15.9 Å². The highest BCUT2D eigenvalue weighted by atomic mass is 79.9. The van der Waals surface area contributed by atoms with E-state index in [1.54, 1.807) is 6.92 Å². The fraction of sp³-hybridized carbons (Fsp3) is 0.833. The molecule has 1 aliphatic carbocycles. The Balaban J connectivity index is 2.64. The van der Waals surface area contributed by atoms with Gasteiger partial charge in [-0.1, -0.05) is 35.2 Å². The third-order valence-corrected chi connectivity index (χ3v) is 3.76. The molecular weight excluding hydrogens is 286 g/mol. The van der Waals surface area contributed by atoms with Crippen molar-refractivity contribution >= 4 is 27.8 Å². The molecule has 4 nitrogen and oxygen atoms in total. The summed E-state index contributed by atoms with van der Waals surface area (Å²) in [6, 6.07) is 0. The summed E-state index contributed by atoms with van der Waals surface area (Å²) in [5, 5.41) is 3.24. The van der Waals surface area contributed by atoms with Crippen LogP contribution in [0, 0.1) is 0 Å². The van der Waals surface area contributed by atoms with Gasteiger partial charge in [0.2, 0.25) is 0 Å². The van der Waals surface area contributed by atoms with Crippen molar-refractivity contribution < 1.29 is 14.3 Å². The lowest BCUT2D eigenvalue weighted by atomic mass is 9.78. The summed E-state index contributed by atoms with van der Waals surface area (Å²) in [6.45, 7) is 2.13. The lowest BCUT2D eigenvalue weighted by molar-refractivity contribution is -0.118. The second-order valence-corrected chi connectivity index (χ2v) is 5.10. The molecule has 0 spiro atoms. The number of nitrogens with one attached hydrogen (secondary N) is 1. The summed E-state index contributed by atoms with van der Waals surface area (Å²) in [6.07, 6.45) is 5.02. The number of carbonyl (C=O) groups excluding carboxylic acids is 2. The first kappa shape index (κ1) is 14.5. The standard InChI is InChI=1S/C12H20BrNO3/c1-2-17-11(16)14-12(8-10(15)9-13)6-4-3-5-7-12/h2-9H2,1H3,(H,14,16). The number of hydrogen-bond donors (Lipinski definition) is 1. The number of hydrogen-bond acceptors (Lipinski definition) is 3. The molecule has 0 saturated heterocycles. The van der Waals surface area contributed by atoms with Crippen molar-refractivity contribution in [3.05, 3.63) is 0 Å². The zero-order chi connectivity index (χ0) is 12.7. The van der Waals surface area contributed by atoms with Gasteiger partial charge in [0, 0.05) is 6.42 Å².